The zero-order valence-corrected chi connectivity index (χ0v) is 17.0. The van der Waals surface area contributed by atoms with Gasteiger partial charge in [0.15, 0.2) is 5.43 Å². The molecular weight excluding hydrogens is 340 g/mol. The van der Waals surface area contributed by atoms with Gasteiger partial charge in [-0.2, -0.15) is 0 Å². The van der Waals surface area contributed by atoms with Crippen molar-refractivity contribution in [3.63, 3.8) is 0 Å². The van der Waals surface area contributed by atoms with E-state index < -0.39 is 0 Å². The van der Waals surface area contributed by atoms with Gasteiger partial charge in [-0.3, -0.25) is 9.59 Å². The van der Waals surface area contributed by atoms with Gasteiger partial charge in [0.25, 0.3) is 5.91 Å². The average molecular weight is 370 g/mol. The van der Waals surface area contributed by atoms with Crippen LogP contribution in [-0.2, 0) is 24.1 Å². The third-order valence-corrected chi connectivity index (χ3v) is 4.97. The molecule has 1 aromatic heterocycles. The van der Waals surface area contributed by atoms with Crippen molar-refractivity contribution < 1.29 is 9.53 Å². The lowest BCUT2D eigenvalue weighted by atomic mass is 10.0. The number of nitrogens with zero attached hydrogens (tertiary/aromatic N) is 1. The number of rotatable bonds is 8. The van der Waals surface area contributed by atoms with E-state index in [1.807, 2.05) is 36.6 Å². The molecule has 1 N–H and O–H groups in total. The second kappa shape index (κ2) is 9.51. The molecule has 0 spiro atoms. The second-order valence-electron chi connectivity index (χ2n) is 6.72. The van der Waals surface area contributed by atoms with E-state index in [4.69, 9.17) is 4.74 Å². The van der Waals surface area contributed by atoms with E-state index in [1.165, 1.54) is 0 Å². The average Bonchev–Trinajstić information content (AvgIpc) is 2.64. The molecule has 0 radical (unpaired) electrons. The smallest absolute Gasteiger partial charge is 0.261 e. The van der Waals surface area contributed by atoms with E-state index in [0.717, 1.165) is 41.8 Å². The number of amides is 1. The molecule has 5 heteroatoms. The van der Waals surface area contributed by atoms with E-state index in [9.17, 15) is 9.59 Å². The van der Waals surface area contributed by atoms with E-state index in [-0.39, 0.29) is 16.9 Å². The number of hydrogen-bond acceptors (Lipinski definition) is 3. The number of benzene rings is 1. The Balaban J connectivity index is 2.43. The van der Waals surface area contributed by atoms with Gasteiger partial charge in [-0.05, 0) is 44.2 Å². The minimum absolute atomic E-state index is 0.214. The summed E-state index contributed by atoms with van der Waals surface area (Å²) in [5.74, 6) is -0.339. The summed E-state index contributed by atoms with van der Waals surface area (Å²) in [5, 5.41) is 3.02. The topological polar surface area (TPSA) is 60.3 Å². The Morgan fingerprint density at radius 3 is 2.33 bits per heavy atom. The zero-order chi connectivity index (χ0) is 20.0. The standard InChI is InChI=1S/C22H30N2O3/c1-6-17-10-8-11-18(7-2)21(17)23-22(26)20-16(4)24(12-9-13-27-5)15(3)14-19(20)25/h8,10-11,14H,6-7,9,12-13H2,1-5H3,(H,23,26). The first-order valence-corrected chi connectivity index (χ1v) is 9.56. The highest BCUT2D eigenvalue weighted by molar-refractivity contribution is 6.05. The van der Waals surface area contributed by atoms with Gasteiger partial charge in [-0.15, -0.1) is 0 Å². The predicted molar refractivity (Wildman–Crippen MR) is 110 cm³/mol. The summed E-state index contributed by atoms with van der Waals surface area (Å²) in [6.07, 6.45) is 2.45. The van der Waals surface area contributed by atoms with Gasteiger partial charge in [0.05, 0.1) is 0 Å². The lowest BCUT2D eigenvalue weighted by Crippen LogP contribution is -2.28. The quantitative estimate of drug-likeness (QED) is 0.718. The summed E-state index contributed by atoms with van der Waals surface area (Å²) < 4.78 is 7.14. The normalized spacial score (nSPS) is 10.9. The molecule has 0 aliphatic rings. The van der Waals surface area contributed by atoms with E-state index in [1.54, 1.807) is 13.2 Å². The maximum absolute atomic E-state index is 13.0. The fraction of sp³-hybridized carbons (Fsp3) is 0.455. The zero-order valence-electron chi connectivity index (χ0n) is 17.0. The highest BCUT2D eigenvalue weighted by Crippen LogP contribution is 2.23. The van der Waals surface area contributed by atoms with Crippen molar-refractivity contribution in [1.82, 2.24) is 4.57 Å². The molecule has 0 bridgehead atoms. The SMILES string of the molecule is CCc1cccc(CC)c1NC(=O)c1c(C)n(CCCOC)c(C)cc1=O. The number of pyridine rings is 1. The van der Waals surface area contributed by atoms with Crippen molar-refractivity contribution in [2.24, 2.45) is 0 Å². The van der Waals surface area contributed by atoms with Crippen molar-refractivity contribution in [2.75, 3.05) is 19.0 Å². The Morgan fingerprint density at radius 2 is 1.78 bits per heavy atom. The number of anilines is 1. The van der Waals surface area contributed by atoms with Crippen LogP contribution in [0.25, 0.3) is 0 Å². The molecule has 2 rings (SSSR count). The van der Waals surface area contributed by atoms with Crippen molar-refractivity contribution in [2.45, 2.75) is 53.5 Å². The number of para-hydroxylation sites is 1. The Kier molecular flexibility index (Phi) is 7.36. The van der Waals surface area contributed by atoms with Crippen molar-refractivity contribution in [1.29, 1.82) is 0 Å². The van der Waals surface area contributed by atoms with Crippen molar-refractivity contribution in [3.8, 4) is 0 Å². The number of hydrogen-bond donors (Lipinski definition) is 1. The molecule has 0 aliphatic carbocycles. The molecule has 0 fully saturated rings. The molecule has 0 unspecified atom stereocenters. The lowest BCUT2D eigenvalue weighted by Gasteiger charge is -2.19. The Labute approximate surface area is 161 Å². The lowest BCUT2D eigenvalue weighted by molar-refractivity contribution is 0.102. The maximum atomic E-state index is 13.0. The van der Waals surface area contributed by atoms with Crippen LogP contribution in [0.3, 0.4) is 0 Å². The monoisotopic (exact) mass is 370 g/mol. The molecule has 0 saturated heterocycles. The van der Waals surface area contributed by atoms with Crippen LogP contribution in [0.5, 0.6) is 0 Å². The van der Waals surface area contributed by atoms with Gasteiger partial charge in [0.2, 0.25) is 0 Å². The summed E-state index contributed by atoms with van der Waals surface area (Å²) in [7, 11) is 1.67. The minimum Gasteiger partial charge on any atom is -0.385 e. The van der Waals surface area contributed by atoms with Crippen LogP contribution in [0.4, 0.5) is 5.69 Å². The molecule has 1 aromatic carbocycles. The van der Waals surface area contributed by atoms with Crippen LogP contribution in [0.15, 0.2) is 29.1 Å². The number of methoxy groups -OCH3 is 1. The fourth-order valence-corrected chi connectivity index (χ4v) is 3.48. The summed E-state index contributed by atoms with van der Waals surface area (Å²) in [6.45, 7) is 9.19. The second-order valence-corrected chi connectivity index (χ2v) is 6.72. The molecule has 2 aromatic rings. The number of aromatic nitrogens is 1. The predicted octanol–water partition coefficient (Wildman–Crippen LogP) is 3.88. The largest absolute Gasteiger partial charge is 0.385 e. The van der Waals surface area contributed by atoms with Gasteiger partial charge in [-0.1, -0.05) is 32.0 Å². The molecule has 1 heterocycles. The first kappa shape index (κ1) is 20.9. The third-order valence-electron chi connectivity index (χ3n) is 4.97. The molecule has 1 amide bonds. The van der Waals surface area contributed by atoms with Gasteiger partial charge in [0, 0.05) is 43.4 Å². The summed E-state index contributed by atoms with van der Waals surface area (Å²) in [6, 6.07) is 7.58. The van der Waals surface area contributed by atoms with Crippen LogP contribution in [0, 0.1) is 13.8 Å². The van der Waals surface area contributed by atoms with Crippen LogP contribution in [0.2, 0.25) is 0 Å². The number of carbonyl (C=O) groups is 1. The molecule has 27 heavy (non-hydrogen) atoms. The molecule has 146 valence electrons. The Bertz CT molecular complexity index is 846. The van der Waals surface area contributed by atoms with E-state index in [2.05, 4.69) is 19.2 Å². The maximum Gasteiger partial charge on any atom is 0.261 e. The third kappa shape index (κ3) is 4.66. The number of carbonyl (C=O) groups excluding carboxylic acids is 1. The molecule has 0 aliphatic heterocycles. The number of aryl methyl sites for hydroxylation is 3. The number of ether oxygens (including phenoxy) is 1. The van der Waals surface area contributed by atoms with Crippen LogP contribution < -0.4 is 10.7 Å². The summed E-state index contributed by atoms with van der Waals surface area (Å²) in [4.78, 5) is 25.6. The fourth-order valence-electron chi connectivity index (χ4n) is 3.48. The van der Waals surface area contributed by atoms with Gasteiger partial charge >= 0.3 is 0 Å². The number of nitrogens with one attached hydrogen (secondary N) is 1. The van der Waals surface area contributed by atoms with Gasteiger partial charge < -0.3 is 14.6 Å². The summed E-state index contributed by atoms with van der Waals surface area (Å²) >= 11 is 0. The molecule has 0 atom stereocenters. The summed E-state index contributed by atoms with van der Waals surface area (Å²) in [5.41, 5.74) is 4.51. The Morgan fingerprint density at radius 1 is 1.15 bits per heavy atom. The van der Waals surface area contributed by atoms with E-state index in [0.29, 0.717) is 18.8 Å². The van der Waals surface area contributed by atoms with Gasteiger partial charge in [0.1, 0.15) is 5.56 Å². The van der Waals surface area contributed by atoms with Crippen molar-refractivity contribution >= 4 is 11.6 Å². The van der Waals surface area contributed by atoms with E-state index >= 15 is 0 Å². The highest BCUT2D eigenvalue weighted by Gasteiger charge is 2.19. The van der Waals surface area contributed by atoms with Crippen molar-refractivity contribution in [3.05, 3.63) is 62.6 Å². The van der Waals surface area contributed by atoms with Crippen LogP contribution >= 0.6 is 0 Å². The van der Waals surface area contributed by atoms with Crippen LogP contribution in [0.1, 0.15) is 53.1 Å². The first-order valence-electron chi connectivity index (χ1n) is 9.56. The Hall–Kier alpha value is -2.40. The highest BCUT2D eigenvalue weighted by atomic mass is 16.5. The molecule has 5 nitrogen and oxygen atoms in total. The van der Waals surface area contributed by atoms with Gasteiger partial charge in [-0.25, -0.2) is 0 Å². The minimum atomic E-state index is -0.339. The molecular formula is C22H30N2O3. The first-order chi connectivity index (χ1) is 12.9. The van der Waals surface area contributed by atoms with Crippen LogP contribution in [-0.4, -0.2) is 24.2 Å². The molecule has 0 saturated carbocycles.